The molecule has 0 saturated heterocycles. The van der Waals surface area contributed by atoms with Crippen LogP contribution in [-0.2, 0) is 11.2 Å². The number of primary amides is 1. The molecule has 1 atom stereocenters. The molecule has 2 amide bonds. The zero-order chi connectivity index (χ0) is 16.1. The molecule has 114 valence electrons. The lowest BCUT2D eigenvalue weighted by Crippen LogP contribution is -2.45. The van der Waals surface area contributed by atoms with E-state index in [4.69, 9.17) is 17.3 Å². The lowest BCUT2D eigenvalue weighted by atomic mass is 10.0. The predicted octanol–water partition coefficient (Wildman–Crippen LogP) is 2.31. The van der Waals surface area contributed by atoms with Crippen molar-refractivity contribution in [1.82, 2.24) is 5.32 Å². The Bertz CT molecular complexity index is 672. The second-order valence-corrected chi connectivity index (χ2v) is 5.20. The normalized spacial score (nSPS) is 11.7. The highest BCUT2D eigenvalue weighted by Crippen LogP contribution is 2.10. The van der Waals surface area contributed by atoms with Gasteiger partial charge in [0.15, 0.2) is 0 Å². The summed E-state index contributed by atoms with van der Waals surface area (Å²) in [5, 5.41) is 3.07. The number of halogens is 2. The van der Waals surface area contributed by atoms with Crippen LogP contribution >= 0.6 is 11.6 Å². The van der Waals surface area contributed by atoms with Gasteiger partial charge in [0.1, 0.15) is 11.9 Å². The Labute approximate surface area is 132 Å². The first kappa shape index (κ1) is 16.0. The summed E-state index contributed by atoms with van der Waals surface area (Å²) in [4.78, 5) is 23.6. The summed E-state index contributed by atoms with van der Waals surface area (Å²) in [6.07, 6.45) is 0.189. The van der Waals surface area contributed by atoms with E-state index in [1.807, 2.05) is 0 Å². The van der Waals surface area contributed by atoms with Crippen molar-refractivity contribution < 1.29 is 14.0 Å². The molecule has 4 nitrogen and oxygen atoms in total. The van der Waals surface area contributed by atoms with Crippen LogP contribution in [0.2, 0.25) is 5.02 Å². The van der Waals surface area contributed by atoms with Crippen molar-refractivity contribution in [1.29, 1.82) is 0 Å². The Hall–Kier alpha value is -2.40. The molecule has 0 unspecified atom stereocenters. The average molecular weight is 321 g/mol. The van der Waals surface area contributed by atoms with Crippen LogP contribution in [0.5, 0.6) is 0 Å². The van der Waals surface area contributed by atoms with Gasteiger partial charge in [0.05, 0.1) is 0 Å². The van der Waals surface area contributed by atoms with Gasteiger partial charge in [-0.3, -0.25) is 9.59 Å². The van der Waals surface area contributed by atoms with Gasteiger partial charge in [0.2, 0.25) is 5.91 Å². The third kappa shape index (κ3) is 4.30. The van der Waals surface area contributed by atoms with Crippen LogP contribution in [0, 0.1) is 5.82 Å². The Balaban J connectivity index is 2.08. The average Bonchev–Trinajstić information content (AvgIpc) is 2.49. The topological polar surface area (TPSA) is 72.2 Å². The van der Waals surface area contributed by atoms with E-state index in [9.17, 15) is 14.0 Å². The first-order valence-electron chi connectivity index (χ1n) is 6.56. The number of carbonyl (C=O) groups is 2. The highest BCUT2D eigenvalue weighted by atomic mass is 35.5. The van der Waals surface area contributed by atoms with Crippen LogP contribution in [0.15, 0.2) is 48.5 Å². The molecule has 0 aliphatic rings. The summed E-state index contributed by atoms with van der Waals surface area (Å²) in [5.41, 5.74) is 6.38. The van der Waals surface area contributed by atoms with E-state index < -0.39 is 17.9 Å². The maximum absolute atomic E-state index is 12.9. The number of carbonyl (C=O) groups excluding carboxylic acids is 2. The first-order valence-corrected chi connectivity index (χ1v) is 6.93. The minimum atomic E-state index is -0.881. The van der Waals surface area contributed by atoms with E-state index in [0.717, 1.165) is 0 Å². The molecule has 22 heavy (non-hydrogen) atoms. The van der Waals surface area contributed by atoms with E-state index >= 15 is 0 Å². The van der Waals surface area contributed by atoms with Gasteiger partial charge in [0, 0.05) is 17.0 Å². The number of hydrogen-bond acceptors (Lipinski definition) is 2. The molecule has 0 heterocycles. The molecule has 0 spiro atoms. The second-order valence-electron chi connectivity index (χ2n) is 4.77. The van der Waals surface area contributed by atoms with Crippen LogP contribution in [0.1, 0.15) is 15.9 Å². The van der Waals surface area contributed by atoms with Crippen LogP contribution in [-0.4, -0.2) is 17.9 Å². The smallest absolute Gasteiger partial charge is 0.251 e. The number of benzene rings is 2. The van der Waals surface area contributed by atoms with Gasteiger partial charge in [-0.25, -0.2) is 4.39 Å². The molecular formula is C16H14ClFN2O2. The molecule has 2 rings (SSSR count). The molecule has 3 N–H and O–H groups in total. The minimum Gasteiger partial charge on any atom is -0.368 e. The molecule has 0 saturated carbocycles. The zero-order valence-corrected chi connectivity index (χ0v) is 12.3. The fourth-order valence-corrected chi connectivity index (χ4v) is 2.05. The largest absolute Gasteiger partial charge is 0.368 e. The summed E-state index contributed by atoms with van der Waals surface area (Å²) in [7, 11) is 0. The molecule has 0 bridgehead atoms. The molecule has 0 radical (unpaired) electrons. The van der Waals surface area contributed by atoms with Crippen molar-refractivity contribution in [2.45, 2.75) is 12.5 Å². The highest BCUT2D eigenvalue weighted by Gasteiger charge is 2.19. The Kier molecular flexibility index (Phi) is 5.12. The van der Waals surface area contributed by atoms with Gasteiger partial charge in [0.25, 0.3) is 5.91 Å². The molecule has 2 aromatic rings. The number of nitrogens with two attached hydrogens (primary N) is 1. The van der Waals surface area contributed by atoms with Crippen molar-refractivity contribution in [3.8, 4) is 0 Å². The summed E-state index contributed by atoms with van der Waals surface area (Å²) >= 11 is 5.76. The van der Waals surface area contributed by atoms with Crippen molar-refractivity contribution in [2.24, 2.45) is 5.73 Å². The highest BCUT2D eigenvalue weighted by molar-refractivity contribution is 6.30. The van der Waals surface area contributed by atoms with Crippen LogP contribution in [0.3, 0.4) is 0 Å². The van der Waals surface area contributed by atoms with Gasteiger partial charge in [-0.05, 0) is 42.0 Å². The summed E-state index contributed by atoms with van der Waals surface area (Å²) in [6.45, 7) is 0. The second kappa shape index (κ2) is 7.04. The number of amides is 2. The van der Waals surface area contributed by atoms with Crippen molar-refractivity contribution in [3.63, 3.8) is 0 Å². The van der Waals surface area contributed by atoms with Gasteiger partial charge >= 0.3 is 0 Å². The monoisotopic (exact) mass is 320 g/mol. The van der Waals surface area contributed by atoms with E-state index in [1.165, 1.54) is 12.1 Å². The molecular weight excluding hydrogens is 307 g/mol. The van der Waals surface area contributed by atoms with Crippen LogP contribution in [0.4, 0.5) is 4.39 Å². The number of rotatable bonds is 5. The van der Waals surface area contributed by atoms with Gasteiger partial charge < -0.3 is 11.1 Å². The van der Waals surface area contributed by atoms with E-state index in [1.54, 1.807) is 36.4 Å². The molecule has 0 aromatic heterocycles. The summed E-state index contributed by atoms with van der Waals surface area (Å²) in [6, 6.07) is 11.0. The van der Waals surface area contributed by atoms with Crippen molar-refractivity contribution in [2.75, 3.05) is 0 Å². The zero-order valence-electron chi connectivity index (χ0n) is 11.6. The maximum Gasteiger partial charge on any atom is 0.251 e. The SMILES string of the molecule is NC(=O)[C@H](Cc1ccc(F)cc1)NC(=O)c1ccc(Cl)cc1. The first-order chi connectivity index (χ1) is 10.5. The number of hydrogen-bond donors (Lipinski definition) is 2. The van der Waals surface area contributed by atoms with E-state index in [2.05, 4.69) is 5.32 Å². The van der Waals surface area contributed by atoms with Gasteiger partial charge in [-0.2, -0.15) is 0 Å². The summed E-state index contributed by atoms with van der Waals surface area (Å²) in [5.74, 6) is -1.46. The molecule has 0 fully saturated rings. The fourth-order valence-electron chi connectivity index (χ4n) is 1.92. The predicted molar refractivity (Wildman–Crippen MR) is 82.0 cm³/mol. The Morgan fingerprint density at radius 3 is 2.23 bits per heavy atom. The maximum atomic E-state index is 12.9. The molecule has 2 aromatic carbocycles. The fraction of sp³-hybridized carbons (Fsp3) is 0.125. The Morgan fingerprint density at radius 1 is 1.09 bits per heavy atom. The third-order valence-corrected chi connectivity index (χ3v) is 3.36. The van der Waals surface area contributed by atoms with Gasteiger partial charge in [-0.15, -0.1) is 0 Å². The Morgan fingerprint density at radius 2 is 1.68 bits per heavy atom. The van der Waals surface area contributed by atoms with Gasteiger partial charge in [-0.1, -0.05) is 23.7 Å². The molecule has 0 aliphatic carbocycles. The van der Waals surface area contributed by atoms with E-state index in [-0.39, 0.29) is 12.2 Å². The van der Waals surface area contributed by atoms with E-state index in [0.29, 0.717) is 16.1 Å². The van der Waals surface area contributed by atoms with Crippen LogP contribution < -0.4 is 11.1 Å². The number of nitrogens with one attached hydrogen (secondary N) is 1. The molecule has 6 heteroatoms. The summed E-state index contributed by atoms with van der Waals surface area (Å²) < 4.78 is 12.9. The minimum absolute atomic E-state index is 0.189. The van der Waals surface area contributed by atoms with Crippen LogP contribution in [0.25, 0.3) is 0 Å². The third-order valence-electron chi connectivity index (χ3n) is 3.11. The standard InChI is InChI=1S/C16H14ClFN2O2/c17-12-5-3-11(4-6-12)16(22)20-14(15(19)21)9-10-1-7-13(18)8-2-10/h1-8,14H,9H2,(H2,19,21)(H,20,22)/t14-/m0/s1. The van der Waals surface area contributed by atoms with Crippen molar-refractivity contribution in [3.05, 3.63) is 70.5 Å². The lowest BCUT2D eigenvalue weighted by Gasteiger charge is -2.15. The quantitative estimate of drug-likeness (QED) is 0.887. The lowest BCUT2D eigenvalue weighted by molar-refractivity contribution is -0.119. The van der Waals surface area contributed by atoms with Crippen molar-refractivity contribution >= 4 is 23.4 Å². The molecule has 0 aliphatic heterocycles.